The van der Waals surface area contributed by atoms with Crippen LogP contribution < -0.4 is 15.2 Å². The van der Waals surface area contributed by atoms with E-state index < -0.39 is 50.7 Å². The number of alkyl halides is 2. The topological polar surface area (TPSA) is 138 Å². The zero-order valence-corrected chi connectivity index (χ0v) is 22.7. The van der Waals surface area contributed by atoms with Gasteiger partial charge in [-0.1, -0.05) is 11.6 Å². The zero-order valence-electron chi connectivity index (χ0n) is 20.3. The molecule has 2 fully saturated rings. The van der Waals surface area contributed by atoms with Gasteiger partial charge in [-0.2, -0.15) is 36.2 Å². The van der Waals surface area contributed by atoms with Crippen molar-refractivity contribution in [1.29, 1.82) is 5.26 Å². The largest absolute Gasteiger partial charge is 0.381 e. The first-order valence-electron chi connectivity index (χ1n) is 11.8. The summed E-state index contributed by atoms with van der Waals surface area (Å²) >= 11 is 6.26. The number of rotatable bonds is 8. The molecule has 0 spiro atoms. The normalized spacial score (nSPS) is 21.0. The third-order valence-corrected chi connectivity index (χ3v) is 10.3. The summed E-state index contributed by atoms with van der Waals surface area (Å²) in [5.74, 6) is -0.861. The van der Waals surface area contributed by atoms with Gasteiger partial charge in [0.15, 0.2) is 0 Å². The van der Waals surface area contributed by atoms with E-state index in [9.17, 15) is 30.6 Å². The lowest BCUT2D eigenvalue weighted by Gasteiger charge is -2.35. The van der Waals surface area contributed by atoms with Gasteiger partial charge in [0.25, 0.3) is 5.56 Å². The standard InChI is InChI=1S/C22H24ClF3N6O5S2/c23-20-18(28-11-16-13-37-7-8-38(16)34)12-29-31(21(20)33)15-3-5-30(6-4-15)39(35,36)32(22(25)26)19-2-1-14(10-27)9-17(19)24/h1-2,9,12,15-16,22,28H,3-8,11,13H2/t16-,38+/m0/s1. The van der Waals surface area contributed by atoms with Gasteiger partial charge in [0.1, 0.15) is 10.8 Å². The Balaban J connectivity index is 1.45. The molecule has 0 aliphatic carbocycles. The van der Waals surface area contributed by atoms with Crippen molar-refractivity contribution in [3.05, 3.63) is 51.2 Å². The van der Waals surface area contributed by atoms with Crippen molar-refractivity contribution >= 4 is 44.0 Å². The van der Waals surface area contributed by atoms with Gasteiger partial charge in [0.2, 0.25) is 0 Å². The molecule has 1 aromatic heterocycles. The SMILES string of the molecule is N#Cc1ccc(N(C(F)F)S(=O)(=O)N2CCC(n3ncc(NC[C@H]4COCC[S@]4=O)c(Cl)c3=O)CC2)c(F)c1. The van der Waals surface area contributed by atoms with E-state index in [-0.39, 0.29) is 58.3 Å². The van der Waals surface area contributed by atoms with Crippen LogP contribution >= 0.6 is 11.6 Å². The summed E-state index contributed by atoms with van der Waals surface area (Å²) in [6, 6.07) is 3.61. The summed E-state index contributed by atoms with van der Waals surface area (Å²) in [7, 11) is -5.93. The highest BCUT2D eigenvalue weighted by Crippen LogP contribution is 2.31. The van der Waals surface area contributed by atoms with Crippen molar-refractivity contribution in [2.45, 2.75) is 30.7 Å². The van der Waals surface area contributed by atoms with Crippen molar-refractivity contribution in [3.8, 4) is 6.07 Å². The zero-order chi connectivity index (χ0) is 28.3. The van der Waals surface area contributed by atoms with Crippen LogP contribution in [0.4, 0.5) is 24.5 Å². The number of piperidine rings is 1. The minimum Gasteiger partial charge on any atom is -0.381 e. The minimum absolute atomic E-state index is 0.0561. The maximum absolute atomic E-state index is 14.4. The van der Waals surface area contributed by atoms with Gasteiger partial charge in [-0.25, -0.2) is 9.07 Å². The molecule has 39 heavy (non-hydrogen) atoms. The van der Waals surface area contributed by atoms with Gasteiger partial charge in [-0.05, 0) is 31.0 Å². The highest BCUT2D eigenvalue weighted by Gasteiger charge is 2.39. The average Bonchev–Trinajstić information content (AvgIpc) is 2.91. The Labute approximate surface area is 229 Å². The maximum atomic E-state index is 14.4. The molecule has 0 unspecified atom stereocenters. The van der Waals surface area contributed by atoms with Gasteiger partial charge in [0.05, 0.1) is 53.7 Å². The fourth-order valence-corrected chi connectivity index (χ4v) is 7.18. The van der Waals surface area contributed by atoms with Crippen molar-refractivity contribution in [3.63, 3.8) is 0 Å². The number of nitriles is 1. The second-order valence-electron chi connectivity index (χ2n) is 8.77. The summed E-state index contributed by atoms with van der Waals surface area (Å²) in [5.41, 5.74) is -1.42. The number of aromatic nitrogens is 2. The molecule has 1 N–H and O–H groups in total. The second-order valence-corrected chi connectivity index (χ2v) is 12.8. The fraction of sp³-hybridized carbons (Fsp3) is 0.500. The highest BCUT2D eigenvalue weighted by atomic mass is 35.5. The monoisotopic (exact) mass is 608 g/mol. The van der Waals surface area contributed by atoms with Gasteiger partial charge in [0, 0.05) is 36.2 Å². The van der Waals surface area contributed by atoms with E-state index in [4.69, 9.17) is 21.6 Å². The molecule has 1 aromatic carbocycles. The Morgan fingerprint density at radius 2 is 2.05 bits per heavy atom. The molecule has 0 radical (unpaired) electrons. The molecule has 4 rings (SSSR count). The van der Waals surface area contributed by atoms with Gasteiger partial charge >= 0.3 is 16.8 Å². The van der Waals surface area contributed by atoms with Gasteiger partial charge < -0.3 is 10.1 Å². The molecular formula is C22H24ClF3N6O5S2. The van der Waals surface area contributed by atoms with Crippen LogP contribution in [0.2, 0.25) is 5.02 Å². The smallest absolute Gasteiger partial charge is 0.329 e. The molecule has 2 aliphatic heterocycles. The Morgan fingerprint density at radius 1 is 1.33 bits per heavy atom. The fourth-order valence-electron chi connectivity index (χ4n) is 4.33. The Kier molecular flexibility index (Phi) is 9.17. The van der Waals surface area contributed by atoms with Crippen LogP contribution in [-0.4, -0.2) is 77.1 Å². The molecule has 2 aliphatic rings. The van der Waals surface area contributed by atoms with Crippen LogP contribution in [0.5, 0.6) is 0 Å². The Morgan fingerprint density at radius 3 is 2.67 bits per heavy atom. The summed E-state index contributed by atoms with van der Waals surface area (Å²) in [6.45, 7) is -3.08. The first-order valence-corrected chi connectivity index (χ1v) is 14.9. The predicted octanol–water partition coefficient (Wildman–Crippen LogP) is 2.08. The molecule has 2 atom stereocenters. The molecule has 2 saturated heterocycles. The minimum atomic E-state index is -4.86. The second kappa shape index (κ2) is 12.2. The molecule has 11 nitrogen and oxygen atoms in total. The predicted molar refractivity (Wildman–Crippen MR) is 138 cm³/mol. The highest BCUT2D eigenvalue weighted by molar-refractivity contribution is 7.90. The van der Waals surface area contributed by atoms with Gasteiger partial charge in [-0.3, -0.25) is 9.00 Å². The number of nitrogens with zero attached hydrogens (tertiary/aromatic N) is 5. The summed E-state index contributed by atoms with van der Waals surface area (Å²) < 4.78 is 87.3. The van der Waals surface area contributed by atoms with E-state index in [1.807, 2.05) is 0 Å². The average molecular weight is 609 g/mol. The maximum Gasteiger partial charge on any atom is 0.329 e. The van der Waals surface area contributed by atoms with Gasteiger partial charge in [-0.15, -0.1) is 0 Å². The number of nitrogens with one attached hydrogen (secondary N) is 1. The summed E-state index contributed by atoms with van der Waals surface area (Å²) in [6.07, 6.45) is 1.45. The van der Waals surface area contributed by atoms with E-state index in [0.717, 1.165) is 21.1 Å². The molecule has 0 bridgehead atoms. The van der Waals surface area contributed by atoms with Crippen molar-refractivity contribution < 1.29 is 30.5 Å². The van der Waals surface area contributed by atoms with Crippen LogP contribution in [0.25, 0.3) is 0 Å². The lowest BCUT2D eigenvalue weighted by atomic mass is 10.1. The first kappa shape index (κ1) is 29.3. The van der Waals surface area contributed by atoms with Crippen LogP contribution in [0, 0.1) is 17.1 Å². The number of hydrogen-bond acceptors (Lipinski definition) is 8. The lowest BCUT2D eigenvalue weighted by Crippen LogP contribution is -2.50. The van der Waals surface area contributed by atoms with Crippen molar-refractivity contribution in [2.24, 2.45) is 0 Å². The van der Waals surface area contributed by atoms with E-state index in [2.05, 4.69) is 10.4 Å². The van der Waals surface area contributed by atoms with Crippen LogP contribution in [0.3, 0.4) is 0 Å². The summed E-state index contributed by atoms with van der Waals surface area (Å²) in [4.78, 5) is 12.9. The number of anilines is 2. The third-order valence-electron chi connectivity index (χ3n) is 6.40. The van der Waals surface area contributed by atoms with Crippen LogP contribution in [-0.2, 0) is 25.7 Å². The number of benzene rings is 1. The molecular weight excluding hydrogens is 585 g/mol. The van der Waals surface area contributed by atoms with E-state index in [0.29, 0.717) is 25.0 Å². The quantitative estimate of drug-likeness (QED) is 0.450. The van der Waals surface area contributed by atoms with Crippen LogP contribution in [0.1, 0.15) is 24.4 Å². The molecule has 212 valence electrons. The Bertz CT molecular complexity index is 1450. The van der Waals surface area contributed by atoms with E-state index >= 15 is 0 Å². The molecule has 0 saturated carbocycles. The van der Waals surface area contributed by atoms with Crippen molar-refractivity contribution in [1.82, 2.24) is 14.1 Å². The summed E-state index contributed by atoms with van der Waals surface area (Å²) in [5, 5.41) is 15.6. The Hall–Kier alpha value is -2.71. The van der Waals surface area contributed by atoms with E-state index in [1.165, 1.54) is 6.20 Å². The number of ether oxygens (including phenoxy) is 1. The molecule has 17 heteroatoms. The number of hydrogen-bond donors (Lipinski definition) is 1. The third kappa shape index (κ3) is 6.22. The molecule has 2 aromatic rings. The van der Waals surface area contributed by atoms with Crippen LogP contribution in [0.15, 0.2) is 29.2 Å². The van der Waals surface area contributed by atoms with Crippen molar-refractivity contribution in [2.75, 3.05) is 48.2 Å². The van der Waals surface area contributed by atoms with E-state index in [1.54, 1.807) is 6.07 Å². The lowest BCUT2D eigenvalue weighted by molar-refractivity contribution is 0.142. The molecule has 3 heterocycles. The molecule has 0 amide bonds. The first-order chi connectivity index (χ1) is 18.5. The number of halogens is 4.